The first-order chi connectivity index (χ1) is 14.5. The lowest BCUT2D eigenvalue weighted by molar-refractivity contribution is -0.117. The van der Waals surface area contributed by atoms with Crippen LogP contribution >= 0.6 is 0 Å². The third-order valence-corrected chi connectivity index (χ3v) is 8.31. The average molecular weight is 426 g/mol. The molecule has 1 aromatic rings. The van der Waals surface area contributed by atoms with E-state index in [0.717, 1.165) is 19.6 Å². The maximum Gasteiger partial charge on any atom is 0.131 e. The Hall–Kier alpha value is -1.48. The summed E-state index contributed by atoms with van der Waals surface area (Å²) >= 11 is 0. The Bertz CT molecular complexity index is 795. The van der Waals surface area contributed by atoms with Gasteiger partial charge in [-0.15, -0.1) is 0 Å². The molecule has 1 fully saturated rings. The van der Waals surface area contributed by atoms with Gasteiger partial charge in [0.15, 0.2) is 0 Å². The number of fused-ring (bicyclic) bond motifs is 3. The number of hydrogen-bond donors (Lipinski definition) is 0. The largest absolute Gasteiger partial charge is 0.302 e. The van der Waals surface area contributed by atoms with Crippen molar-refractivity contribution in [3.8, 4) is 0 Å². The molecule has 0 N–H and O–H groups in total. The summed E-state index contributed by atoms with van der Waals surface area (Å²) in [4.78, 5) is 25.7. The molecule has 1 saturated carbocycles. The Labute approximate surface area is 190 Å². The van der Waals surface area contributed by atoms with Gasteiger partial charge in [0.2, 0.25) is 0 Å². The van der Waals surface area contributed by atoms with Crippen LogP contribution in [0.4, 0.5) is 0 Å². The highest BCUT2D eigenvalue weighted by atomic mass is 16.1. The Morgan fingerprint density at radius 1 is 1.06 bits per heavy atom. The van der Waals surface area contributed by atoms with E-state index in [-0.39, 0.29) is 22.4 Å². The second-order valence-corrected chi connectivity index (χ2v) is 11.3. The Balaban J connectivity index is 1.86. The number of carbonyl (C=O) groups excluding carboxylic acids is 2. The van der Waals surface area contributed by atoms with Gasteiger partial charge >= 0.3 is 0 Å². The van der Waals surface area contributed by atoms with Gasteiger partial charge in [-0.3, -0.25) is 9.59 Å². The second-order valence-electron chi connectivity index (χ2n) is 11.3. The third-order valence-electron chi connectivity index (χ3n) is 8.31. The molecule has 31 heavy (non-hydrogen) atoms. The number of nitrogens with zero attached hydrogens (tertiary/aromatic N) is 1. The molecular weight excluding hydrogens is 382 g/mol. The normalized spacial score (nSPS) is 27.8. The van der Waals surface area contributed by atoms with Crippen molar-refractivity contribution in [1.82, 2.24) is 4.90 Å². The van der Waals surface area contributed by atoms with E-state index in [1.54, 1.807) is 25.0 Å². The molecule has 2 aliphatic carbocycles. The zero-order chi connectivity index (χ0) is 22.8. The Kier molecular flexibility index (Phi) is 7.46. The summed E-state index contributed by atoms with van der Waals surface area (Å²) in [5, 5.41) is 0. The van der Waals surface area contributed by atoms with Gasteiger partial charge in [0, 0.05) is 32.5 Å². The summed E-state index contributed by atoms with van der Waals surface area (Å²) in [5.74, 6) is 1.69. The van der Waals surface area contributed by atoms with Crippen molar-refractivity contribution in [1.29, 1.82) is 0 Å². The van der Waals surface area contributed by atoms with Gasteiger partial charge in [-0.2, -0.15) is 0 Å². The fourth-order valence-corrected chi connectivity index (χ4v) is 6.60. The minimum Gasteiger partial charge on any atom is -0.302 e. The van der Waals surface area contributed by atoms with Crippen LogP contribution in [0.5, 0.6) is 0 Å². The van der Waals surface area contributed by atoms with Crippen molar-refractivity contribution in [3.63, 3.8) is 0 Å². The molecule has 3 atom stereocenters. The maximum atomic E-state index is 11.7. The van der Waals surface area contributed by atoms with Crippen molar-refractivity contribution in [3.05, 3.63) is 34.9 Å². The van der Waals surface area contributed by atoms with Gasteiger partial charge in [0.1, 0.15) is 11.6 Å². The molecule has 0 radical (unpaired) electrons. The molecule has 172 valence electrons. The lowest BCUT2D eigenvalue weighted by Crippen LogP contribution is -2.53. The van der Waals surface area contributed by atoms with E-state index in [1.807, 2.05) is 0 Å². The smallest absolute Gasteiger partial charge is 0.131 e. The van der Waals surface area contributed by atoms with Crippen molar-refractivity contribution in [2.75, 3.05) is 19.6 Å². The van der Waals surface area contributed by atoms with Crippen molar-refractivity contribution < 1.29 is 9.59 Å². The maximum absolute atomic E-state index is 11.7. The minimum atomic E-state index is 0.217. The molecule has 0 aromatic heterocycles. The van der Waals surface area contributed by atoms with E-state index in [2.05, 4.69) is 50.8 Å². The van der Waals surface area contributed by atoms with E-state index in [4.69, 9.17) is 0 Å². The van der Waals surface area contributed by atoms with Crippen LogP contribution in [0.15, 0.2) is 18.2 Å². The fraction of sp³-hybridized carbons (Fsp3) is 0.714. The van der Waals surface area contributed by atoms with Gasteiger partial charge in [-0.25, -0.2) is 0 Å². The number of benzene rings is 1. The molecule has 1 aromatic carbocycles. The molecule has 0 saturated heterocycles. The highest BCUT2D eigenvalue weighted by Crippen LogP contribution is 2.57. The number of hydrogen-bond acceptors (Lipinski definition) is 3. The van der Waals surface area contributed by atoms with E-state index >= 15 is 0 Å². The fourth-order valence-electron chi connectivity index (χ4n) is 6.60. The van der Waals surface area contributed by atoms with Crippen molar-refractivity contribution >= 4 is 11.6 Å². The second kappa shape index (κ2) is 9.57. The summed E-state index contributed by atoms with van der Waals surface area (Å²) in [6.45, 7) is 15.4. The molecule has 0 spiro atoms. The number of ketones is 2. The molecule has 0 bridgehead atoms. The van der Waals surface area contributed by atoms with Gasteiger partial charge in [0.05, 0.1) is 0 Å². The molecule has 0 heterocycles. The molecule has 3 nitrogen and oxygen atoms in total. The summed E-state index contributed by atoms with van der Waals surface area (Å²) in [6.07, 6.45) is 7.34. The SMILES string of the molecule is CC(=O)CCN(CCC(C)=O)CC1(C)CCCC2(C)c3ccc(C(C)C)cc3CCC12. The molecule has 0 aliphatic heterocycles. The van der Waals surface area contributed by atoms with Crippen LogP contribution in [0.25, 0.3) is 0 Å². The van der Waals surface area contributed by atoms with Crippen molar-refractivity contribution in [2.24, 2.45) is 11.3 Å². The van der Waals surface area contributed by atoms with E-state index in [0.29, 0.717) is 24.7 Å². The molecule has 3 unspecified atom stereocenters. The van der Waals surface area contributed by atoms with Crippen LogP contribution in [-0.4, -0.2) is 36.1 Å². The topological polar surface area (TPSA) is 37.4 Å². The third kappa shape index (κ3) is 5.30. The highest BCUT2D eigenvalue weighted by molar-refractivity contribution is 5.76. The first-order valence-corrected chi connectivity index (χ1v) is 12.4. The molecular formula is C28H43NO2. The molecule has 0 amide bonds. The van der Waals surface area contributed by atoms with E-state index < -0.39 is 0 Å². The van der Waals surface area contributed by atoms with Crippen LogP contribution in [-0.2, 0) is 21.4 Å². The van der Waals surface area contributed by atoms with Gasteiger partial charge in [-0.05, 0) is 78.9 Å². The van der Waals surface area contributed by atoms with Crippen LogP contribution < -0.4 is 0 Å². The van der Waals surface area contributed by atoms with Crippen LogP contribution in [0.1, 0.15) is 103 Å². The Morgan fingerprint density at radius 3 is 2.29 bits per heavy atom. The zero-order valence-electron chi connectivity index (χ0n) is 20.7. The average Bonchev–Trinajstić information content (AvgIpc) is 2.69. The highest BCUT2D eigenvalue weighted by Gasteiger charge is 2.52. The Morgan fingerprint density at radius 2 is 1.71 bits per heavy atom. The standard InChI is InChI=1S/C28H43NO2/c1-20(2)23-8-10-25-24(18-23)9-11-26-27(5,14-7-15-28(25,26)6)19-29(16-12-21(3)30)17-13-22(4)31/h8,10,18,20,26H,7,9,11-17,19H2,1-6H3. The zero-order valence-corrected chi connectivity index (χ0v) is 20.7. The summed E-state index contributed by atoms with van der Waals surface area (Å²) in [6, 6.07) is 7.26. The van der Waals surface area contributed by atoms with E-state index in [9.17, 15) is 9.59 Å². The molecule has 3 heteroatoms. The first-order valence-electron chi connectivity index (χ1n) is 12.4. The monoisotopic (exact) mass is 425 g/mol. The van der Waals surface area contributed by atoms with Crippen LogP contribution in [0.3, 0.4) is 0 Å². The van der Waals surface area contributed by atoms with Crippen LogP contribution in [0.2, 0.25) is 0 Å². The molecule has 2 aliphatic rings. The lowest BCUT2D eigenvalue weighted by Gasteiger charge is -2.56. The minimum absolute atomic E-state index is 0.217. The van der Waals surface area contributed by atoms with Crippen molar-refractivity contribution in [2.45, 2.75) is 97.8 Å². The number of rotatable bonds is 9. The number of aryl methyl sites for hydroxylation is 1. The van der Waals surface area contributed by atoms with Crippen LogP contribution in [0, 0.1) is 11.3 Å². The predicted octanol–water partition coefficient (Wildman–Crippen LogP) is 6.08. The summed E-state index contributed by atoms with van der Waals surface area (Å²) < 4.78 is 0. The van der Waals surface area contributed by atoms with Gasteiger partial charge in [-0.1, -0.05) is 52.3 Å². The lowest BCUT2D eigenvalue weighted by atomic mass is 9.49. The number of Topliss-reactive ketones (excluding diaryl/α,β-unsaturated/α-hetero) is 2. The predicted molar refractivity (Wildman–Crippen MR) is 129 cm³/mol. The molecule has 3 rings (SSSR count). The summed E-state index contributed by atoms with van der Waals surface area (Å²) in [5.41, 5.74) is 5.05. The quantitative estimate of drug-likeness (QED) is 0.481. The van der Waals surface area contributed by atoms with E-state index in [1.165, 1.54) is 37.7 Å². The first kappa shape index (κ1) is 24.2. The number of carbonyl (C=O) groups is 2. The summed E-state index contributed by atoms with van der Waals surface area (Å²) in [7, 11) is 0. The van der Waals surface area contributed by atoms with Gasteiger partial charge in [0.25, 0.3) is 0 Å². The van der Waals surface area contributed by atoms with Gasteiger partial charge < -0.3 is 4.90 Å².